The van der Waals surface area contributed by atoms with Crippen molar-refractivity contribution in [3.05, 3.63) is 64.7 Å². The Morgan fingerprint density at radius 3 is 2.87 bits per heavy atom. The van der Waals surface area contributed by atoms with Gasteiger partial charge in [-0.2, -0.15) is 0 Å². The third-order valence-corrected chi connectivity index (χ3v) is 5.16. The largest absolute Gasteiger partial charge is 0.325 e. The molecule has 2 aromatic carbocycles. The van der Waals surface area contributed by atoms with E-state index in [9.17, 15) is 9.59 Å². The number of hydrogen-bond acceptors (Lipinski definition) is 6. The van der Waals surface area contributed by atoms with Crippen LogP contribution in [0.4, 0.5) is 5.69 Å². The summed E-state index contributed by atoms with van der Waals surface area (Å²) in [6.07, 6.45) is 3.56. The number of tetrazole rings is 1. The molecule has 1 fully saturated rings. The molecule has 4 aromatic rings. The minimum atomic E-state index is -0.315. The van der Waals surface area contributed by atoms with Crippen molar-refractivity contribution in [3.8, 4) is 11.4 Å². The number of aromatic nitrogens is 6. The van der Waals surface area contributed by atoms with Gasteiger partial charge in [0, 0.05) is 11.3 Å². The van der Waals surface area contributed by atoms with Crippen LogP contribution in [0, 0.1) is 6.92 Å². The molecule has 9 nitrogen and oxygen atoms in total. The molecule has 30 heavy (non-hydrogen) atoms. The van der Waals surface area contributed by atoms with Crippen molar-refractivity contribution >= 4 is 22.5 Å². The van der Waals surface area contributed by atoms with E-state index in [0.717, 1.165) is 24.0 Å². The third-order valence-electron chi connectivity index (χ3n) is 5.16. The number of hydrogen-bond donors (Lipinski definition) is 1. The van der Waals surface area contributed by atoms with Gasteiger partial charge in [-0.25, -0.2) is 9.67 Å². The zero-order valence-corrected chi connectivity index (χ0v) is 16.3. The molecule has 1 amide bonds. The van der Waals surface area contributed by atoms with Gasteiger partial charge in [-0.3, -0.25) is 14.2 Å². The second kappa shape index (κ2) is 7.18. The van der Waals surface area contributed by atoms with E-state index < -0.39 is 0 Å². The monoisotopic (exact) mass is 401 g/mol. The summed E-state index contributed by atoms with van der Waals surface area (Å²) in [6.45, 7) is 1.78. The fraction of sp³-hybridized carbons (Fsp3) is 0.238. The van der Waals surface area contributed by atoms with E-state index >= 15 is 0 Å². The van der Waals surface area contributed by atoms with E-state index in [4.69, 9.17) is 0 Å². The van der Waals surface area contributed by atoms with E-state index in [1.165, 1.54) is 10.9 Å². The average Bonchev–Trinajstić information content (AvgIpc) is 3.47. The first-order chi connectivity index (χ1) is 14.6. The Hall–Kier alpha value is -3.88. The maximum Gasteiger partial charge on any atom is 0.261 e. The highest BCUT2D eigenvalue weighted by molar-refractivity contribution is 5.91. The fourth-order valence-electron chi connectivity index (χ4n) is 3.49. The number of nitrogens with one attached hydrogen (secondary N) is 1. The number of aryl methyl sites for hydroxylation is 1. The van der Waals surface area contributed by atoms with Crippen molar-refractivity contribution in [3.63, 3.8) is 0 Å². The summed E-state index contributed by atoms with van der Waals surface area (Å²) >= 11 is 0. The van der Waals surface area contributed by atoms with Gasteiger partial charge in [-0.1, -0.05) is 24.3 Å². The molecule has 0 spiro atoms. The van der Waals surface area contributed by atoms with E-state index in [-0.39, 0.29) is 18.0 Å². The van der Waals surface area contributed by atoms with Gasteiger partial charge in [0.25, 0.3) is 5.56 Å². The Bertz CT molecular complexity index is 1320. The Labute approximate surface area is 171 Å². The van der Waals surface area contributed by atoms with Crippen LogP contribution in [0.25, 0.3) is 22.3 Å². The standard InChI is InChI=1S/C21H19N7O2/c1-13-4-2-7-17-19(13)22-12-27(21(17)30)11-18(29)23-15-6-3-5-14(10-15)20-24-25-26-28(20)16-8-9-16/h2-7,10,12,16H,8-9,11H2,1H3,(H,23,29). The molecule has 1 aliphatic carbocycles. The molecule has 0 atom stereocenters. The highest BCUT2D eigenvalue weighted by Crippen LogP contribution is 2.36. The van der Waals surface area contributed by atoms with Crippen molar-refractivity contribution in [2.75, 3.05) is 5.32 Å². The lowest BCUT2D eigenvalue weighted by molar-refractivity contribution is -0.116. The van der Waals surface area contributed by atoms with E-state index in [0.29, 0.717) is 28.5 Å². The SMILES string of the molecule is Cc1cccc2c(=O)n(CC(=O)Nc3cccc(-c4nnnn4C4CC4)c3)cnc12. The Morgan fingerprint density at radius 1 is 1.20 bits per heavy atom. The number of rotatable bonds is 5. The molecule has 9 heteroatoms. The summed E-state index contributed by atoms with van der Waals surface area (Å²) < 4.78 is 3.14. The van der Waals surface area contributed by atoms with Crippen LogP contribution < -0.4 is 10.9 Å². The number of benzene rings is 2. The number of amides is 1. The van der Waals surface area contributed by atoms with Gasteiger partial charge in [0.05, 0.1) is 23.3 Å². The van der Waals surface area contributed by atoms with E-state index in [1.807, 2.05) is 41.9 Å². The van der Waals surface area contributed by atoms with Gasteiger partial charge in [-0.05, 0) is 54.0 Å². The molecule has 1 saturated carbocycles. The van der Waals surface area contributed by atoms with Gasteiger partial charge in [-0.15, -0.1) is 5.10 Å². The maximum absolute atomic E-state index is 12.7. The van der Waals surface area contributed by atoms with Crippen LogP contribution in [-0.2, 0) is 11.3 Å². The van der Waals surface area contributed by atoms with Gasteiger partial charge in [0.1, 0.15) is 6.54 Å². The van der Waals surface area contributed by atoms with Crippen molar-refractivity contribution in [2.45, 2.75) is 32.4 Å². The molecule has 2 heterocycles. The minimum absolute atomic E-state index is 0.125. The number of fused-ring (bicyclic) bond motifs is 1. The summed E-state index contributed by atoms with van der Waals surface area (Å²) in [5.74, 6) is 0.365. The normalized spacial score (nSPS) is 13.5. The zero-order valence-electron chi connectivity index (χ0n) is 16.3. The van der Waals surface area contributed by atoms with Crippen molar-refractivity contribution < 1.29 is 4.79 Å². The molecule has 0 bridgehead atoms. The summed E-state index contributed by atoms with van der Waals surface area (Å²) in [6, 6.07) is 13.1. The molecule has 150 valence electrons. The van der Waals surface area contributed by atoms with Crippen molar-refractivity contribution in [2.24, 2.45) is 0 Å². The molecule has 1 aliphatic rings. The number of anilines is 1. The maximum atomic E-state index is 12.7. The van der Waals surface area contributed by atoms with E-state index in [2.05, 4.69) is 25.8 Å². The molecule has 0 unspecified atom stereocenters. The predicted molar refractivity (Wildman–Crippen MR) is 111 cm³/mol. The number of carbonyl (C=O) groups is 1. The quantitative estimate of drug-likeness (QED) is 0.550. The molecule has 0 saturated heterocycles. The lowest BCUT2D eigenvalue weighted by Crippen LogP contribution is -2.28. The van der Waals surface area contributed by atoms with E-state index in [1.54, 1.807) is 12.1 Å². The summed E-state index contributed by atoms with van der Waals surface area (Å²) in [4.78, 5) is 29.6. The molecule has 5 rings (SSSR count). The summed E-state index contributed by atoms with van der Waals surface area (Å²) in [5, 5.41) is 15.3. The van der Waals surface area contributed by atoms with Crippen LogP contribution in [0.3, 0.4) is 0 Å². The van der Waals surface area contributed by atoms with Gasteiger partial charge < -0.3 is 5.32 Å². The Balaban J connectivity index is 1.36. The van der Waals surface area contributed by atoms with Crippen LogP contribution in [0.2, 0.25) is 0 Å². The van der Waals surface area contributed by atoms with Gasteiger partial charge >= 0.3 is 0 Å². The topological polar surface area (TPSA) is 108 Å². The fourth-order valence-corrected chi connectivity index (χ4v) is 3.49. The van der Waals surface area contributed by atoms with Crippen LogP contribution in [0.15, 0.2) is 53.6 Å². The number of carbonyl (C=O) groups excluding carboxylic acids is 1. The molecular weight excluding hydrogens is 382 g/mol. The van der Waals surface area contributed by atoms with Crippen LogP contribution in [0.5, 0.6) is 0 Å². The summed E-state index contributed by atoms with van der Waals surface area (Å²) in [7, 11) is 0. The first-order valence-electron chi connectivity index (χ1n) is 9.73. The minimum Gasteiger partial charge on any atom is -0.325 e. The second-order valence-electron chi connectivity index (χ2n) is 7.46. The Kier molecular flexibility index (Phi) is 4.35. The van der Waals surface area contributed by atoms with Crippen molar-refractivity contribution in [1.29, 1.82) is 0 Å². The smallest absolute Gasteiger partial charge is 0.261 e. The van der Waals surface area contributed by atoms with Crippen LogP contribution in [0.1, 0.15) is 24.4 Å². The first kappa shape index (κ1) is 18.2. The number of nitrogens with zero attached hydrogens (tertiary/aromatic N) is 6. The predicted octanol–water partition coefficient (Wildman–Crippen LogP) is 2.33. The van der Waals surface area contributed by atoms with Crippen LogP contribution >= 0.6 is 0 Å². The Morgan fingerprint density at radius 2 is 2.03 bits per heavy atom. The highest BCUT2D eigenvalue weighted by Gasteiger charge is 2.28. The van der Waals surface area contributed by atoms with Crippen LogP contribution in [-0.4, -0.2) is 35.7 Å². The van der Waals surface area contributed by atoms with Gasteiger partial charge in [0.15, 0.2) is 5.82 Å². The number of para-hydroxylation sites is 1. The molecule has 2 aromatic heterocycles. The molecule has 0 radical (unpaired) electrons. The second-order valence-corrected chi connectivity index (χ2v) is 7.46. The van der Waals surface area contributed by atoms with Crippen molar-refractivity contribution in [1.82, 2.24) is 29.8 Å². The average molecular weight is 401 g/mol. The zero-order chi connectivity index (χ0) is 20.7. The summed E-state index contributed by atoms with van der Waals surface area (Å²) in [5.41, 5.74) is 2.77. The lowest BCUT2D eigenvalue weighted by Gasteiger charge is -2.10. The lowest BCUT2D eigenvalue weighted by atomic mass is 10.1. The first-order valence-corrected chi connectivity index (χ1v) is 9.73. The molecule has 1 N–H and O–H groups in total. The third kappa shape index (κ3) is 3.34. The molecule has 0 aliphatic heterocycles. The van der Waals surface area contributed by atoms with Gasteiger partial charge in [0.2, 0.25) is 5.91 Å². The highest BCUT2D eigenvalue weighted by atomic mass is 16.2. The molecular formula is C21H19N7O2.